The van der Waals surface area contributed by atoms with Crippen molar-refractivity contribution in [3.63, 3.8) is 0 Å². The van der Waals surface area contributed by atoms with Crippen LogP contribution in [0, 0.1) is 6.92 Å². The van der Waals surface area contributed by atoms with Gasteiger partial charge < -0.3 is 10.4 Å². The van der Waals surface area contributed by atoms with E-state index in [0.29, 0.717) is 11.8 Å². The summed E-state index contributed by atoms with van der Waals surface area (Å²) in [5.41, 5.74) is 2.25. The quantitative estimate of drug-likeness (QED) is 0.874. The second-order valence-corrected chi connectivity index (χ2v) is 5.40. The summed E-state index contributed by atoms with van der Waals surface area (Å²) in [5.74, 6) is 0.410. The highest BCUT2D eigenvalue weighted by Crippen LogP contribution is 2.31. The minimum atomic E-state index is 0.410. The number of halogens is 1. The Morgan fingerprint density at radius 1 is 1.44 bits per heavy atom. The topological polar surface area (TPSA) is 32.3 Å². The van der Waals surface area contributed by atoms with Crippen molar-refractivity contribution in [2.75, 3.05) is 6.54 Å². The molecule has 1 aliphatic rings. The molecule has 1 aromatic rings. The minimum absolute atomic E-state index is 0.410. The lowest BCUT2D eigenvalue weighted by atomic mass is 9.95. The molecule has 0 aliphatic carbocycles. The first-order valence-electron chi connectivity index (χ1n) is 5.89. The zero-order valence-electron chi connectivity index (χ0n) is 9.59. The van der Waals surface area contributed by atoms with Gasteiger partial charge in [0.1, 0.15) is 5.75 Å². The molecule has 16 heavy (non-hydrogen) atoms. The van der Waals surface area contributed by atoms with Crippen LogP contribution in [0.15, 0.2) is 16.6 Å². The number of benzene rings is 1. The van der Waals surface area contributed by atoms with Crippen molar-refractivity contribution in [1.29, 1.82) is 0 Å². The van der Waals surface area contributed by atoms with Crippen LogP contribution in [-0.4, -0.2) is 17.7 Å². The first kappa shape index (κ1) is 11.9. The monoisotopic (exact) mass is 283 g/mol. The molecule has 2 rings (SSSR count). The SMILES string of the molecule is Cc1ccc(Br)c(O)c1CC1CCCCN1. The lowest BCUT2D eigenvalue weighted by Gasteiger charge is -2.24. The van der Waals surface area contributed by atoms with Gasteiger partial charge in [-0.25, -0.2) is 0 Å². The maximum absolute atomic E-state index is 10.0. The summed E-state index contributed by atoms with van der Waals surface area (Å²) in [6, 6.07) is 4.48. The number of nitrogens with one attached hydrogen (secondary N) is 1. The number of hydrogen-bond acceptors (Lipinski definition) is 2. The van der Waals surface area contributed by atoms with E-state index >= 15 is 0 Å². The van der Waals surface area contributed by atoms with Gasteiger partial charge in [0.25, 0.3) is 0 Å². The summed E-state index contributed by atoms with van der Waals surface area (Å²) in [7, 11) is 0. The van der Waals surface area contributed by atoms with Crippen LogP contribution in [0.1, 0.15) is 30.4 Å². The van der Waals surface area contributed by atoms with Gasteiger partial charge in [-0.2, -0.15) is 0 Å². The number of piperidine rings is 1. The molecule has 2 N–H and O–H groups in total. The first-order valence-corrected chi connectivity index (χ1v) is 6.68. The Hall–Kier alpha value is -0.540. The van der Waals surface area contributed by atoms with E-state index in [4.69, 9.17) is 0 Å². The first-order chi connectivity index (χ1) is 7.68. The van der Waals surface area contributed by atoms with Gasteiger partial charge in [-0.05, 0) is 65.9 Å². The van der Waals surface area contributed by atoms with Crippen LogP contribution < -0.4 is 5.32 Å². The standard InChI is InChI=1S/C13H18BrNO/c1-9-5-6-12(14)13(16)11(9)8-10-4-2-3-7-15-10/h5-6,10,15-16H,2-4,7-8H2,1H3. The third-order valence-corrected chi connectivity index (χ3v) is 3.97. The highest BCUT2D eigenvalue weighted by Gasteiger charge is 2.17. The molecule has 2 nitrogen and oxygen atoms in total. The lowest BCUT2D eigenvalue weighted by Crippen LogP contribution is -2.35. The summed E-state index contributed by atoms with van der Waals surface area (Å²) in [5, 5.41) is 13.5. The molecule has 1 fully saturated rings. The molecule has 1 heterocycles. The van der Waals surface area contributed by atoms with Crippen molar-refractivity contribution in [1.82, 2.24) is 5.32 Å². The van der Waals surface area contributed by atoms with Crippen LogP contribution in [0.3, 0.4) is 0 Å². The number of hydrogen-bond donors (Lipinski definition) is 2. The summed E-state index contributed by atoms with van der Waals surface area (Å²) in [6.45, 7) is 3.17. The van der Waals surface area contributed by atoms with Gasteiger partial charge in [0.2, 0.25) is 0 Å². The Balaban J connectivity index is 2.16. The molecular formula is C13H18BrNO. The van der Waals surface area contributed by atoms with Crippen LogP contribution in [0.25, 0.3) is 0 Å². The fourth-order valence-electron chi connectivity index (χ4n) is 2.31. The molecule has 0 radical (unpaired) electrons. The van der Waals surface area contributed by atoms with E-state index in [9.17, 15) is 5.11 Å². The molecule has 3 heteroatoms. The molecule has 88 valence electrons. The van der Waals surface area contributed by atoms with E-state index < -0.39 is 0 Å². The molecule has 0 saturated carbocycles. The Bertz CT molecular complexity index is 372. The second-order valence-electron chi connectivity index (χ2n) is 4.54. The molecule has 1 saturated heterocycles. The van der Waals surface area contributed by atoms with Crippen molar-refractivity contribution < 1.29 is 5.11 Å². The van der Waals surface area contributed by atoms with Gasteiger partial charge in [0.05, 0.1) is 4.47 Å². The molecule has 0 amide bonds. The maximum atomic E-state index is 10.0. The van der Waals surface area contributed by atoms with Gasteiger partial charge in [-0.1, -0.05) is 12.5 Å². The third-order valence-electron chi connectivity index (χ3n) is 3.33. The average molecular weight is 284 g/mol. The lowest BCUT2D eigenvalue weighted by molar-refractivity contribution is 0.390. The van der Waals surface area contributed by atoms with Crippen LogP contribution in [-0.2, 0) is 6.42 Å². The summed E-state index contributed by atoms with van der Waals surface area (Å²) in [6.07, 6.45) is 4.72. The number of phenolic OH excluding ortho intramolecular Hbond substituents is 1. The van der Waals surface area contributed by atoms with E-state index in [1.807, 2.05) is 6.07 Å². The highest BCUT2D eigenvalue weighted by atomic mass is 79.9. The molecule has 0 aromatic heterocycles. The smallest absolute Gasteiger partial charge is 0.133 e. The van der Waals surface area contributed by atoms with E-state index in [1.165, 1.54) is 24.8 Å². The second kappa shape index (κ2) is 5.19. The molecule has 1 unspecified atom stereocenters. The Kier molecular flexibility index (Phi) is 3.87. The summed E-state index contributed by atoms with van der Waals surface area (Å²) < 4.78 is 0.795. The summed E-state index contributed by atoms with van der Waals surface area (Å²) in [4.78, 5) is 0. The van der Waals surface area contributed by atoms with Crippen molar-refractivity contribution in [2.45, 2.75) is 38.6 Å². The Morgan fingerprint density at radius 3 is 2.94 bits per heavy atom. The molecule has 0 bridgehead atoms. The zero-order chi connectivity index (χ0) is 11.5. The fourth-order valence-corrected chi connectivity index (χ4v) is 2.68. The van der Waals surface area contributed by atoms with Gasteiger partial charge in [0, 0.05) is 6.04 Å². The Morgan fingerprint density at radius 2 is 2.25 bits per heavy atom. The molecule has 1 aliphatic heterocycles. The fraction of sp³-hybridized carbons (Fsp3) is 0.538. The normalized spacial score (nSPS) is 21.0. The van der Waals surface area contributed by atoms with Crippen LogP contribution in [0.2, 0.25) is 0 Å². The predicted octanol–water partition coefficient (Wildman–Crippen LogP) is 3.15. The molecule has 1 atom stereocenters. The molecule has 0 spiro atoms. The number of aromatic hydroxyl groups is 1. The zero-order valence-corrected chi connectivity index (χ0v) is 11.2. The predicted molar refractivity (Wildman–Crippen MR) is 69.9 cm³/mol. The van der Waals surface area contributed by atoms with Crippen molar-refractivity contribution >= 4 is 15.9 Å². The Labute approximate surface area is 105 Å². The van der Waals surface area contributed by atoms with E-state index in [1.54, 1.807) is 0 Å². The average Bonchev–Trinajstić information content (AvgIpc) is 2.31. The van der Waals surface area contributed by atoms with Crippen molar-refractivity contribution in [2.24, 2.45) is 0 Å². The van der Waals surface area contributed by atoms with Crippen LogP contribution in [0.5, 0.6) is 5.75 Å². The van der Waals surface area contributed by atoms with Crippen molar-refractivity contribution in [3.05, 3.63) is 27.7 Å². The van der Waals surface area contributed by atoms with E-state index in [2.05, 4.69) is 34.2 Å². The number of rotatable bonds is 2. The van der Waals surface area contributed by atoms with Crippen LogP contribution in [0.4, 0.5) is 0 Å². The molecule has 1 aromatic carbocycles. The summed E-state index contributed by atoms with van der Waals surface area (Å²) >= 11 is 3.37. The van der Waals surface area contributed by atoms with Crippen molar-refractivity contribution in [3.8, 4) is 5.75 Å². The van der Waals surface area contributed by atoms with Gasteiger partial charge in [0.15, 0.2) is 0 Å². The minimum Gasteiger partial charge on any atom is -0.506 e. The van der Waals surface area contributed by atoms with E-state index in [0.717, 1.165) is 23.0 Å². The van der Waals surface area contributed by atoms with Gasteiger partial charge in [-0.15, -0.1) is 0 Å². The number of aryl methyl sites for hydroxylation is 1. The maximum Gasteiger partial charge on any atom is 0.133 e. The van der Waals surface area contributed by atoms with Crippen LogP contribution >= 0.6 is 15.9 Å². The van der Waals surface area contributed by atoms with Gasteiger partial charge in [-0.3, -0.25) is 0 Å². The molecular weight excluding hydrogens is 266 g/mol. The highest BCUT2D eigenvalue weighted by molar-refractivity contribution is 9.10. The third kappa shape index (κ3) is 2.58. The number of phenols is 1. The largest absolute Gasteiger partial charge is 0.506 e. The van der Waals surface area contributed by atoms with Gasteiger partial charge >= 0.3 is 0 Å². The van der Waals surface area contributed by atoms with E-state index in [-0.39, 0.29) is 0 Å².